The minimum absolute atomic E-state index is 0.141. The van der Waals surface area contributed by atoms with E-state index in [1.165, 1.54) is 19.4 Å². The second-order valence-corrected chi connectivity index (χ2v) is 3.00. The number of carboxylic acid groups (broad SMARTS) is 1. The van der Waals surface area contributed by atoms with Gasteiger partial charge in [-0.1, -0.05) is 0 Å². The van der Waals surface area contributed by atoms with Crippen molar-refractivity contribution in [3.05, 3.63) is 18.2 Å². The molecular formula is C8H11N3O4. The highest BCUT2D eigenvalue weighted by Gasteiger charge is 2.25. The molecule has 7 nitrogen and oxygen atoms in total. The number of aromatic amines is 1. The van der Waals surface area contributed by atoms with E-state index in [4.69, 9.17) is 10.2 Å². The van der Waals surface area contributed by atoms with Crippen LogP contribution < -0.4 is 5.32 Å². The van der Waals surface area contributed by atoms with Crippen LogP contribution in [0.3, 0.4) is 0 Å². The summed E-state index contributed by atoms with van der Waals surface area (Å²) in [6.45, 7) is 1.28. The van der Waals surface area contributed by atoms with Gasteiger partial charge in [-0.05, 0) is 6.92 Å². The van der Waals surface area contributed by atoms with Gasteiger partial charge in [-0.15, -0.1) is 0 Å². The van der Waals surface area contributed by atoms with Gasteiger partial charge in [-0.2, -0.15) is 0 Å². The molecule has 4 N–H and O–H groups in total. The fraction of sp³-hybridized carbons (Fsp3) is 0.375. The second-order valence-electron chi connectivity index (χ2n) is 3.00. The highest BCUT2D eigenvalue weighted by molar-refractivity contribution is 5.94. The fourth-order valence-electron chi connectivity index (χ4n) is 0.988. The maximum absolute atomic E-state index is 11.4. The zero-order valence-electron chi connectivity index (χ0n) is 7.97. The molecule has 1 amide bonds. The van der Waals surface area contributed by atoms with E-state index in [0.717, 1.165) is 0 Å². The Morgan fingerprint density at radius 3 is 2.67 bits per heavy atom. The molecule has 1 rings (SSSR count). The molecule has 7 heteroatoms. The lowest BCUT2D eigenvalue weighted by atomic mass is 10.2. The summed E-state index contributed by atoms with van der Waals surface area (Å²) in [6, 6.07) is -1.33. The quantitative estimate of drug-likeness (QED) is 0.510. The smallest absolute Gasteiger partial charge is 0.328 e. The minimum atomic E-state index is -1.33. The number of carboxylic acids is 1. The van der Waals surface area contributed by atoms with E-state index >= 15 is 0 Å². The second kappa shape index (κ2) is 4.56. The molecule has 1 heterocycles. The molecule has 0 fully saturated rings. The van der Waals surface area contributed by atoms with E-state index in [1.54, 1.807) is 0 Å². The first kappa shape index (κ1) is 11.2. The van der Waals surface area contributed by atoms with Gasteiger partial charge in [0.05, 0.1) is 18.6 Å². The number of nitrogens with one attached hydrogen (secondary N) is 2. The number of hydrogen-bond donors (Lipinski definition) is 4. The lowest BCUT2D eigenvalue weighted by Crippen LogP contribution is -2.47. The zero-order valence-corrected chi connectivity index (χ0v) is 7.97. The third-order valence-corrected chi connectivity index (χ3v) is 1.78. The number of aliphatic hydroxyl groups is 1. The average Bonchev–Trinajstić information content (AvgIpc) is 2.65. The largest absolute Gasteiger partial charge is 0.480 e. The Balaban J connectivity index is 2.67. The Labute approximate surface area is 85.1 Å². The van der Waals surface area contributed by atoms with Crippen molar-refractivity contribution < 1.29 is 19.8 Å². The van der Waals surface area contributed by atoms with Crippen LogP contribution in [0.2, 0.25) is 0 Å². The number of aromatic nitrogens is 2. The van der Waals surface area contributed by atoms with Crippen molar-refractivity contribution in [2.75, 3.05) is 0 Å². The van der Waals surface area contributed by atoms with Gasteiger partial charge >= 0.3 is 5.97 Å². The first-order valence-corrected chi connectivity index (χ1v) is 4.22. The summed E-state index contributed by atoms with van der Waals surface area (Å²) >= 11 is 0. The Hall–Kier alpha value is -1.89. The van der Waals surface area contributed by atoms with E-state index in [2.05, 4.69) is 15.3 Å². The third-order valence-electron chi connectivity index (χ3n) is 1.78. The fourth-order valence-corrected chi connectivity index (χ4v) is 0.988. The van der Waals surface area contributed by atoms with Crippen LogP contribution in [0.5, 0.6) is 0 Å². The highest BCUT2D eigenvalue weighted by atomic mass is 16.4. The molecular weight excluding hydrogens is 202 g/mol. The van der Waals surface area contributed by atoms with Crippen LogP contribution in [0.25, 0.3) is 0 Å². The molecule has 0 aliphatic rings. The number of imidazole rings is 1. The van der Waals surface area contributed by atoms with Crippen LogP contribution in [0, 0.1) is 0 Å². The maximum atomic E-state index is 11.4. The molecule has 0 bridgehead atoms. The minimum Gasteiger partial charge on any atom is -0.480 e. The molecule has 0 radical (unpaired) electrons. The van der Waals surface area contributed by atoms with Gasteiger partial charge in [0.25, 0.3) is 5.91 Å². The molecule has 0 spiro atoms. The van der Waals surface area contributed by atoms with E-state index in [0.29, 0.717) is 0 Å². The van der Waals surface area contributed by atoms with E-state index in [1.807, 2.05) is 0 Å². The summed E-state index contributed by atoms with van der Waals surface area (Å²) in [6.07, 6.45) is 1.39. The Bertz CT molecular complexity index is 347. The number of aliphatic hydroxyl groups excluding tert-OH is 1. The molecule has 0 saturated heterocycles. The Morgan fingerprint density at radius 2 is 2.27 bits per heavy atom. The van der Waals surface area contributed by atoms with Crippen LogP contribution >= 0.6 is 0 Å². The molecule has 15 heavy (non-hydrogen) atoms. The number of carbonyl (C=O) groups is 2. The predicted molar refractivity (Wildman–Crippen MR) is 49.2 cm³/mol. The number of carbonyl (C=O) groups excluding carboxylic acids is 1. The molecule has 1 aromatic heterocycles. The number of nitrogens with zero attached hydrogens (tertiary/aromatic N) is 1. The Kier molecular flexibility index (Phi) is 3.40. The number of rotatable bonds is 4. The third kappa shape index (κ3) is 2.78. The van der Waals surface area contributed by atoms with E-state index in [-0.39, 0.29) is 5.69 Å². The molecule has 0 aromatic carbocycles. The van der Waals surface area contributed by atoms with Crippen LogP contribution in [0.4, 0.5) is 0 Å². The van der Waals surface area contributed by atoms with Gasteiger partial charge in [-0.3, -0.25) is 4.79 Å². The van der Waals surface area contributed by atoms with Crippen LogP contribution in [0.15, 0.2) is 12.5 Å². The monoisotopic (exact) mass is 213 g/mol. The van der Waals surface area contributed by atoms with Crippen molar-refractivity contribution >= 4 is 11.9 Å². The number of hydrogen-bond acceptors (Lipinski definition) is 4. The van der Waals surface area contributed by atoms with Gasteiger partial charge in [0.2, 0.25) is 0 Å². The lowest BCUT2D eigenvalue weighted by molar-refractivity contribution is -0.141. The average molecular weight is 213 g/mol. The summed E-state index contributed by atoms with van der Waals surface area (Å²) in [5.41, 5.74) is 0.141. The standard InChI is InChI=1S/C8H11N3O4/c1-4(12)6(8(14)15)11-7(13)5-2-9-3-10-5/h2-4,6,12H,1H3,(H,9,10)(H,11,13)(H,14,15)/t4-,6+/m1/s1. The first-order valence-electron chi connectivity index (χ1n) is 4.22. The lowest BCUT2D eigenvalue weighted by Gasteiger charge is -2.16. The molecule has 0 saturated carbocycles. The van der Waals surface area contributed by atoms with Gasteiger partial charge in [0, 0.05) is 0 Å². The van der Waals surface area contributed by atoms with Crippen molar-refractivity contribution in [1.82, 2.24) is 15.3 Å². The van der Waals surface area contributed by atoms with E-state index < -0.39 is 24.0 Å². The van der Waals surface area contributed by atoms with Gasteiger partial charge in [0.1, 0.15) is 5.69 Å². The van der Waals surface area contributed by atoms with Gasteiger partial charge in [-0.25, -0.2) is 9.78 Å². The SMILES string of the molecule is C[C@@H](O)[C@H](NC(=O)c1cnc[nH]1)C(=O)O. The van der Waals surface area contributed by atoms with Crippen molar-refractivity contribution in [3.8, 4) is 0 Å². The van der Waals surface area contributed by atoms with Gasteiger partial charge < -0.3 is 20.5 Å². The van der Waals surface area contributed by atoms with Crippen LogP contribution in [-0.2, 0) is 4.79 Å². The summed E-state index contributed by atoms with van der Waals surface area (Å²) in [5.74, 6) is -1.92. The number of aliphatic carboxylic acids is 1. The normalized spacial score (nSPS) is 14.3. The van der Waals surface area contributed by atoms with Crippen LogP contribution in [0.1, 0.15) is 17.4 Å². The zero-order chi connectivity index (χ0) is 11.4. The number of H-pyrrole nitrogens is 1. The summed E-state index contributed by atoms with van der Waals surface area (Å²) in [4.78, 5) is 28.2. The Morgan fingerprint density at radius 1 is 1.60 bits per heavy atom. The summed E-state index contributed by atoms with van der Waals surface area (Å²) in [7, 11) is 0. The van der Waals surface area contributed by atoms with Crippen molar-refractivity contribution in [2.24, 2.45) is 0 Å². The summed E-state index contributed by atoms with van der Waals surface area (Å²) < 4.78 is 0. The molecule has 0 aliphatic carbocycles. The molecule has 0 aliphatic heterocycles. The molecule has 82 valence electrons. The highest BCUT2D eigenvalue weighted by Crippen LogP contribution is 1.97. The predicted octanol–water partition coefficient (Wildman–Crippen LogP) is -1.03. The topological polar surface area (TPSA) is 115 Å². The molecule has 0 unspecified atom stereocenters. The van der Waals surface area contributed by atoms with Crippen LogP contribution in [-0.4, -0.2) is 44.2 Å². The maximum Gasteiger partial charge on any atom is 0.328 e. The molecule has 2 atom stereocenters. The van der Waals surface area contributed by atoms with Gasteiger partial charge in [0.15, 0.2) is 6.04 Å². The summed E-state index contributed by atoms with van der Waals surface area (Å²) in [5, 5.41) is 20.0. The van der Waals surface area contributed by atoms with Crippen molar-refractivity contribution in [1.29, 1.82) is 0 Å². The molecule has 1 aromatic rings. The number of amides is 1. The first-order chi connectivity index (χ1) is 7.02. The van der Waals surface area contributed by atoms with Crippen molar-refractivity contribution in [3.63, 3.8) is 0 Å². The van der Waals surface area contributed by atoms with Crippen molar-refractivity contribution in [2.45, 2.75) is 19.1 Å². The van der Waals surface area contributed by atoms with E-state index in [9.17, 15) is 9.59 Å².